The number of halogens is 1. The second-order valence-electron chi connectivity index (χ2n) is 6.15. The summed E-state index contributed by atoms with van der Waals surface area (Å²) < 4.78 is 18.5. The lowest BCUT2D eigenvalue weighted by molar-refractivity contribution is 0.169. The van der Waals surface area contributed by atoms with Crippen LogP contribution in [-0.2, 0) is 6.54 Å². The van der Waals surface area contributed by atoms with E-state index in [0.717, 1.165) is 5.56 Å². The number of rotatable bonds is 4. The molecule has 6 nitrogen and oxygen atoms in total. The quantitative estimate of drug-likeness (QED) is 0.787. The van der Waals surface area contributed by atoms with Gasteiger partial charge < -0.3 is 9.63 Å². The molecule has 0 bridgehead atoms. The average molecular weight is 340 g/mol. The molecule has 7 heteroatoms. The number of hydrogen-bond donors (Lipinski definition) is 1. The summed E-state index contributed by atoms with van der Waals surface area (Å²) in [5, 5.41) is 14.1. The van der Waals surface area contributed by atoms with Gasteiger partial charge in [0.05, 0.1) is 12.1 Å². The third kappa shape index (κ3) is 3.42. The molecule has 1 aliphatic heterocycles. The predicted molar refractivity (Wildman–Crippen MR) is 87.7 cm³/mol. The Hall–Kier alpha value is -2.64. The van der Waals surface area contributed by atoms with Crippen molar-refractivity contribution in [3.05, 3.63) is 66.1 Å². The van der Waals surface area contributed by atoms with Gasteiger partial charge in [0.15, 0.2) is 0 Å². The maximum absolute atomic E-state index is 13.1. The Bertz CT molecular complexity index is 838. The number of β-amino-alcohol motifs (C(OH)–C–C–N with tert-alkyl or cyclic N) is 1. The number of aliphatic hydroxyl groups excluding tert-OH is 1. The molecule has 2 aromatic heterocycles. The van der Waals surface area contributed by atoms with Crippen molar-refractivity contribution in [1.82, 2.24) is 20.0 Å². The first-order valence-corrected chi connectivity index (χ1v) is 8.09. The first kappa shape index (κ1) is 15.9. The van der Waals surface area contributed by atoms with E-state index in [2.05, 4.69) is 20.0 Å². The lowest BCUT2D eigenvalue weighted by Gasteiger charge is -2.20. The SMILES string of the molecule is O[C@@H]1C[C@@H](c2nc(-c3ccc(F)cc3)no2)N(Cc2ccncc2)C1. The third-order valence-electron chi connectivity index (χ3n) is 4.35. The van der Waals surface area contributed by atoms with Crippen molar-refractivity contribution in [1.29, 1.82) is 0 Å². The van der Waals surface area contributed by atoms with Crippen LogP contribution in [0.15, 0.2) is 53.3 Å². The summed E-state index contributed by atoms with van der Waals surface area (Å²) in [5.74, 6) is 0.570. The smallest absolute Gasteiger partial charge is 0.244 e. The molecule has 1 aromatic carbocycles. The van der Waals surface area contributed by atoms with E-state index in [1.165, 1.54) is 12.1 Å². The lowest BCUT2D eigenvalue weighted by Crippen LogP contribution is -2.24. The Morgan fingerprint density at radius 1 is 1.16 bits per heavy atom. The van der Waals surface area contributed by atoms with Crippen LogP contribution >= 0.6 is 0 Å². The highest BCUT2D eigenvalue weighted by molar-refractivity contribution is 5.53. The fourth-order valence-corrected chi connectivity index (χ4v) is 3.12. The summed E-state index contributed by atoms with van der Waals surface area (Å²) >= 11 is 0. The van der Waals surface area contributed by atoms with Gasteiger partial charge in [0.2, 0.25) is 11.7 Å². The zero-order chi connectivity index (χ0) is 17.2. The topological polar surface area (TPSA) is 75.3 Å². The zero-order valence-corrected chi connectivity index (χ0v) is 13.4. The van der Waals surface area contributed by atoms with Crippen LogP contribution in [-0.4, -0.2) is 37.8 Å². The molecule has 0 aliphatic carbocycles. The molecule has 0 spiro atoms. The van der Waals surface area contributed by atoms with E-state index in [0.29, 0.717) is 36.8 Å². The van der Waals surface area contributed by atoms with Crippen LogP contribution in [0, 0.1) is 5.82 Å². The second-order valence-corrected chi connectivity index (χ2v) is 6.15. The van der Waals surface area contributed by atoms with E-state index >= 15 is 0 Å². The van der Waals surface area contributed by atoms with Gasteiger partial charge in [-0.15, -0.1) is 0 Å². The molecule has 1 N–H and O–H groups in total. The van der Waals surface area contributed by atoms with Gasteiger partial charge in [0.25, 0.3) is 0 Å². The fraction of sp³-hybridized carbons (Fsp3) is 0.278. The van der Waals surface area contributed by atoms with Crippen molar-refractivity contribution in [2.45, 2.75) is 25.1 Å². The molecular weight excluding hydrogens is 323 g/mol. The van der Waals surface area contributed by atoms with E-state index in [1.54, 1.807) is 24.5 Å². The molecule has 0 saturated carbocycles. The summed E-state index contributed by atoms with van der Waals surface area (Å²) in [6.45, 7) is 1.21. The monoisotopic (exact) mass is 340 g/mol. The summed E-state index contributed by atoms with van der Waals surface area (Å²) in [4.78, 5) is 10.6. The number of nitrogens with zero attached hydrogens (tertiary/aromatic N) is 4. The van der Waals surface area contributed by atoms with Crippen molar-refractivity contribution in [2.24, 2.45) is 0 Å². The molecule has 1 saturated heterocycles. The number of aliphatic hydroxyl groups is 1. The lowest BCUT2D eigenvalue weighted by atomic mass is 10.2. The maximum Gasteiger partial charge on any atom is 0.244 e. The molecule has 2 atom stereocenters. The third-order valence-corrected chi connectivity index (χ3v) is 4.35. The molecule has 1 fully saturated rings. The van der Waals surface area contributed by atoms with Crippen LogP contribution in [0.25, 0.3) is 11.4 Å². The molecule has 3 heterocycles. The highest BCUT2D eigenvalue weighted by Crippen LogP contribution is 2.33. The van der Waals surface area contributed by atoms with E-state index < -0.39 is 6.10 Å². The van der Waals surface area contributed by atoms with Gasteiger partial charge >= 0.3 is 0 Å². The van der Waals surface area contributed by atoms with Crippen molar-refractivity contribution in [3.63, 3.8) is 0 Å². The van der Waals surface area contributed by atoms with Crippen LogP contribution in [0.5, 0.6) is 0 Å². The van der Waals surface area contributed by atoms with Crippen LogP contribution in [0.4, 0.5) is 4.39 Å². The fourth-order valence-electron chi connectivity index (χ4n) is 3.12. The van der Waals surface area contributed by atoms with Crippen LogP contribution < -0.4 is 0 Å². The normalized spacial score (nSPS) is 20.9. The van der Waals surface area contributed by atoms with E-state index in [1.807, 2.05) is 12.1 Å². The van der Waals surface area contributed by atoms with Crippen LogP contribution in [0.2, 0.25) is 0 Å². The minimum atomic E-state index is -0.437. The number of aromatic nitrogens is 3. The highest BCUT2D eigenvalue weighted by Gasteiger charge is 2.35. The van der Waals surface area contributed by atoms with Crippen molar-refractivity contribution in [2.75, 3.05) is 6.54 Å². The molecule has 3 aromatic rings. The van der Waals surface area contributed by atoms with Gasteiger partial charge in [0.1, 0.15) is 5.82 Å². The summed E-state index contributed by atoms with van der Waals surface area (Å²) in [6, 6.07) is 9.69. The molecular formula is C18H17FN4O2. The van der Waals surface area contributed by atoms with E-state index in [4.69, 9.17) is 4.52 Å². The Morgan fingerprint density at radius 3 is 2.68 bits per heavy atom. The molecule has 25 heavy (non-hydrogen) atoms. The van der Waals surface area contributed by atoms with Gasteiger partial charge in [-0.1, -0.05) is 5.16 Å². The highest BCUT2D eigenvalue weighted by atomic mass is 19.1. The van der Waals surface area contributed by atoms with Gasteiger partial charge in [-0.2, -0.15) is 4.98 Å². The summed E-state index contributed by atoms with van der Waals surface area (Å²) in [5.41, 5.74) is 1.79. The largest absolute Gasteiger partial charge is 0.392 e. The zero-order valence-electron chi connectivity index (χ0n) is 13.4. The van der Waals surface area contributed by atoms with Gasteiger partial charge in [-0.05, 0) is 48.4 Å². The number of likely N-dealkylation sites (tertiary alicyclic amines) is 1. The molecule has 0 unspecified atom stereocenters. The Kier molecular flexibility index (Phi) is 4.25. The first-order valence-electron chi connectivity index (χ1n) is 8.09. The van der Waals surface area contributed by atoms with Crippen molar-refractivity contribution >= 4 is 0 Å². The molecule has 1 aliphatic rings. The van der Waals surface area contributed by atoms with Crippen molar-refractivity contribution < 1.29 is 14.0 Å². The Balaban J connectivity index is 1.56. The molecule has 0 amide bonds. The second kappa shape index (κ2) is 6.70. The van der Waals surface area contributed by atoms with E-state index in [-0.39, 0.29) is 11.9 Å². The van der Waals surface area contributed by atoms with Crippen molar-refractivity contribution in [3.8, 4) is 11.4 Å². The summed E-state index contributed by atoms with van der Waals surface area (Å²) in [6.07, 6.45) is 3.59. The first-order chi connectivity index (χ1) is 12.2. The summed E-state index contributed by atoms with van der Waals surface area (Å²) in [7, 11) is 0. The standard InChI is InChI=1S/C18H17FN4O2/c19-14-3-1-13(2-4-14)17-21-18(25-22-17)16-9-15(24)11-23(16)10-12-5-7-20-8-6-12/h1-8,15-16,24H,9-11H2/t15-,16+/m1/s1. The molecule has 0 radical (unpaired) electrons. The molecule has 128 valence electrons. The Labute approximate surface area is 143 Å². The van der Waals surface area contributed by atoms with E-state index in [9.17, 15) is 9.50 Å². The number of pyridine rings is 1. The predicted octanol–water partition coefficient (Wildman–Crippen LogP) is 2.58. The van der Waals surface area contributed by atoms with Gasteiger partial charge in [0, 0.05) is 31.0 Å². The van der Waals surface area contributed by atoms with Gasteiger partial charge in [-0.25, -0.2) is 4.39 Å². The van der Waals surface area contributed by atoms with Crippen LogP contribution in [0.1, 0.15) is 23.9 Å². The maximum atomic E-state index is 13.1. The minimum absolute atomic E-state index is 0.148. The van der Waals surface area contributed by atoms with Crippen LogP contribution in [0.3, 0.4) is 0 Å². The Morgan fingerprint density at radius 2 is 1.92 bits per heavy atom. The minimum Gasteiger partial charge on any atom is -0.392 e. The average Bonchev–Trinajstić information content (AvgIpc) is 3.23. The number of benzene rings is 1. The van der Waals surface area contributed by atoms with Gasteiger partial charge in [-0.3, -0.25) is 9.88 Å². The molecule has 4 rings (SSSR count). The number of hydrogen-bond acceptors (Lipinski definition) is 6.